The van der Waals surface area contributed by atoms with E-state index in [1.807, 2.05) is 42.5 Å². The number of aromatic amines is 1. The molecule has 0 saturated carbocycles. The molecule has 4 aromatic rings. The van der Waals surface area contributed by atoms with E-state index in [2.05, 4.69) is 28.5 Å². The number of carbonyl (C=O) groups excluding carboxylic acids is 2. The topological polar surface area (TPSA) is 114 Å². The number of cyclic esters (lactones) is 1. The molecule has 178 valence electrons. The van der Waals surface area contributed by atoms with Crippen molar-refractivity contribution >= 4 is 22.9 Å². The Hall–Kier alpha value is -4.33. The first-order valence-electron chi connectivity index (χ1n) is 11.5. The Balaban J connectivity index is 1.42. The number of H-pyrrole nitrogens is 1. The van der Waals surface area contributed by atoms with Gasteiger partial charge in [-0.05, 0) is 66.9 Å². The van der Waals surface area contributed by atoms with Gasteiger partial charge in [-0.25, -0.2) is 4.79 Å². The van der Waals surface area contributed by atoms with Gasteiger partial charge in [-0.15, -0.1) is 0 Å². The zero-order valence-electron chi connectivity index (χ0n) is 19.4. The summed E-state index contributed by atoms with van der Waals surface area (Å²) in [4.78, 5) is 23.6. The number of hydrogen-bond acceptors (Lipinski definition) is 6. The van der Waals surface area contributed by atoms with Crippen molar-refractivity contribution in [2.45, 2.75) is 38.7 Å². The monoisotopic (exact) mass is 471 g/mol. The number of aryl methyl sites for hydroxylation is 1. The average molecular weight is 472 g/mol. The standard InChI is InChI=1S/C27H25N3O5/c1-3-5-17-13-18(24-21-10-9-19(31)14-22(21)29-30-24)8-11-23(17)34-20-7-4-6-16(12-20)15-27(2)25(32)28-26(33)35-27/h4,6-14,31H,3,5,15H2,1-2H3,(H,29,30)(H,28,32,33)/t27-/m1/s1. The molecule has 1 fully saturated rings. The summed E-state index contributed by atoms with van der Waals surface area (Å²) in [6.07, 6.45) is 1.27. The molecule has 0 bridgehead atoms. The van der Waals surface area contributed by atoms with Crippen LogP contribution in [-0.2, 0) is 22.4 Å². The SMILES string of the molecule is CCCc1cc(-c2n[nH]c3cc(O)ccc23)ccc1Oc1cccc(C[C@@]2(C)OC(=O)NC2=O)c1. The number of amides is 2. The van der Waals surface area contributed by atoms with Crippen LogP contribution >= 0.6 is 0 Å². The van der Waals surface area contributed by atoms with Crippen LogP contribution in [0.3, 0.4) is 0 Å². The molecule has 35 heavy (non-hydrogen) atoms. The maximum atomic E-state index is 12.1. The summed E-state index contributed by atoms with van der Waals surface area (Å²) in [6.45, 7) is 3.71. The first kappa shape index (κ1) is 22.5. The minimum absolute atomic E-state index is 0.186. The number of ether oxygens (including phenoxy) is 2. The fraction of sp³-hybridized carbons (Fsp3) is 0.222. The van der Waals surface area contributed by atoms with E-state index in [1.165, 1.54) is 0 Å². The van der Waals surface area contributed by atoms with Gasteiger partial charge in [0, 0.05) is 23.4 Å². The molecule has 2 amide bonds. The second kappa shape index (κ2) is 8.79. The number of hydrogen-bond donors (Lipinski definition) is 3. The van der Waals surface area contributed by atoms with Crippen molar-refractivity contribution in [3.05, 3.63) is 71.8 Å². The third-order valence-corrected chi connectivity index (χ3v) is 6.08. The highest BCUT2D eigenvalue weighted by molar-refractivity contribution is 6.02. The van der Waals surface area contributed by atoms with Gasteiger partial charge in [-0.1, -0.05) is 25.5 Å². The van der Waals surface area contributed by atoms with Crippen LogP contribution in [0.4, 0.5) is 4.79 Å². The summed E-state index contributed by atoms with van der Waals surface area (Å²) >= 11 is 0. The molecule has 0 spiro atoms. The average Bonchev–Trinajstić information content (AvgIpc) is 3.34. The summed E-state index contributed by atoms with van der Waals surface area (Å²) in [6, 6.07) is 18.5. The lowest BCUT2D eigenvalue weighted by Crippen LogP contribution is -2.38. The van der Waals surface area contributed by atoms with Gasteiger partial charge in [0.25, 0.3) is 5.91 Å². The second-order valence-electron chi connectivity index (χ2n) is 8.88. The third-order valence-electron chi connectivity index (χ3n) is 6.08. The Morgan fingerprint density at radius 3 is 2.71 bits per heavy atom. The third kappa shape index (κ3) is 4.42. The number of imide groups is 1. The van der Waals surface area contributed by atoms with Gasteiger partial charge in [0.1, 0.15) is 17.2 Å². The van der Waals surface area contributed by atoms with E-state index < -0.39 is 17.6 Å². The molecule has 3 aromatic carbocycles. The fourth-order valence-electron chi connectivity index (χ4n) is 4.37. The lowest BCUT2D eigenvalue weighted by Gasteiger charge is -2.19. The Bertz CT molecular complexity index is 1440. The van der Waals surface area contributed by atoms with Gasteiger partial charge in [0.05, 0.1) is 11.2 Å². The number of nitrogens with one attached hydrogen (secondary N) is 2. The molecule has 5 rings (SSSR count). The smallest absolute Gasteiger partial charge is 0.415 e. The number of aromatic hydroxyl groups is 1. The largest absolute Gasteiger partial charge is 0.508 e. The molecule has 1 aliphatic heterocycles. The first-order valence-corrected chi connectivity index (χ1v) is 11.5. The molecule has 2 heterocycles. The predicted octanol–water partition coefficient (Wildman–Crippen LogP) is 5.25. The number of fused-ring (bicyclic) bond motifs is 1. The van der Waals surface area contributed by atoms with Gasteiger partial charge in [-0.2, -0.15) is 5.10 Å². The van der Waals surface area contributed by atoms with Crippen LogP contribution in [0, 0.1) is 0 Å². The van der Waals surface area contributed by atoms with E-state index in [-0.39, 0.29) is 12.2 Å². The number of phenolic OH excluding ortho intramolecular Hbond substituents is 1. The molecule has 1 aliphatic rings. The van der Waals surface area contributed by atoms with Crippen molar-refractivity contribution in [1.82, 2.24) is 15.5 Å². The van der Waals surface area contributed by atoms with Crippen molar-refractivity contribution < 1.29 is 24.2 Å². The molecule has 3 N–H and O–H groups in total. The number of benzene rings is 3. The fourth-order valence-corrected chi connectivity index (χ4v) is 4.37. The summed E-state index contributed by atoms with van der Waals surface area (Å²) in [5.74, 6) is 1.10. The van der Waals surface area contributed by atoms with Crippen LogP contribution < -0.4 is 10.1 Å². The van der Waals surface area contributed by atoms with Gasteiger partial charge < -0.3 is 14.6 Å². The number of carbonyl (C=O) groups is 2. The highest BCUT2D eigenvalue weighted by Crippen LogP contribution is 2.34. The van der Waals surface area contributed by atoms with Crippen molar-refractivity contribution in [1.29, 1.82) is 0 Å². The maximum absolute atomic E-state index is 12.1. The summed E-state index contributed by atoms with van der Waals surface area (Å²) in [7, 11) is 0. The van der Waals surface area contributed by atoms with E-state index in [1.54, 1.807) is 19.1 Å². The number of alkyl carbamates (subject to hydrolysis) is 1. The minimum atomic E-state index is -1.24. The van der Waals surface area contributed by atoms with Crippen molar-refractivity contribution in [3.8, 4) is 28.5 Å². The molecule has 8 nitrogen and oxygen atoms in total. The highest BCUT2D eigenvalue weighted by Gasteiger charge is 2.44. The van der Waals surface area contributed by atoms with Gasteiger partial charge in [0.15, 0.2) is 5.60 Å². The van der Waals surface area contributed by atoms with Crippen LogP contribution in [0.25, 0.3) is 22.2 Å². The maximum Gasteiger partial charge on any atom is 0.415 e. The van der Waals surface area contributed by atoms with E-state index in [0.717, 1.165) is 51.9 Å². The molecule has 1 aromatic heterocycles. The van der Waals surface area contributed by atoms with Crippen LogP contribution in [0.5, 0.6) is 17.2 Å². The zero-order chi connectivity index (χ0) is 24.6. The van der Waals surface area contributed by atoms with E-state index >= 15 is 0 Å². The van der Waals surface area contributed by atoms with E-state index in [4.69, 9.17) is 9.47 Å². The summed E-state index contributed by atoms with van der Waals surface area (Å²) in [5, 5.41) is 20.3. The Kier molecular flexibility index (Phi) is 5.64. The molecular weight excluding hydrogens is 446 g/mol. The Morgan fingerprint density at radius 1 is 1.09 bits per heavy atom. The Morgan fingerprint density at radius 2 is 1.94 bits per heavy atom. The van der Waals surface area contributed by atoms with Gasteiger partial charge >= 0.3 is 6.09 Å². The zero-order valence-corrected chi connectivity index (χ0v) is 19.4. The molecule has 1 atom stereocenters. The van der Waals surface area contributed by atoms with Gasteiger partial charge in [0.2, 0.25) is 0 Å². The lowest BCUT2D eigenvalue weighted by molar-refractivity contribution is -0.129. The normalized spacial score (nSPS) is 17.4. The number of aromatic nitrogens is 2. The van der Waals surface area contributed by atoms with E-state index in [0.29, 0.717) is 5.75 Å². The number of rotatable bonds is 7. The summed E-state index contributed by atoms with van der Waals surface area (Å²) < 4.78 is 11.5. The van der Waals surface area contributed by atoms with Crippen molar-refractivity contribution in [3.63, 3.8) is 0 Å². The van der Waals surface area contributed by atoms with Crippen LogP contribution in [0.2, 0.25) is 0 Å². The molecule has 0 aliphatic carbocycles. The number of phenols is 1. The second-order valence-corrected chi connectivity index (χ2v) is 8.88. The van der Waals surface area contributed by atoms with Crippen LogP contribution in [0.15, 0.2) is 60.7 Å². The molecule has 0 unspecified atom stereocenters. The highest BCUT2D eigenvalue weighted by atomic mass is 16.6. The van der Waals surface area contributed by atoms with Gasteiger partial charge in [-0.3, -0.25) is 15.2 Å². The minimum Gasteiger partial charge on any atom is -0.508 e. The van der Waals surface area contributed by atoms with Crippen LogP contribution in [0.1, 0.15) is 31.4 Å². The van der Waals surface area contributed by atoms with Crippen molar-refractivity contribution in [2.24, 2.45) is 0 Å². The molecule has 8 heteroatoms. The first-order chi connectivity index (χ1) is 16.8. The Labute approximate surface area is 201 Å². The lowest BCUT2D eigenvalue weighted by atomic mass is 9.96. The summed E-state index contributed by atoms with van der Waals surface area (Å²) in [5.41, 5.74) is 3.14. The van der Waals surface area contributed by atoms with Crippen LogP contribution in [-0.4, -0.2) is 32.9 Å². The molecule has 1 saturated heterocycles. The van der Waals surface area contributed by atoms with Crippen molar-refractivity contribution in [2.75, 3.05) is 0 Å². The molecule has 0 radical (unpaired) electrons. The van der Waals surface area contributed by atoms with E-state index in [9.17, 15) is 14.7 Å². The molecular formula is C27H25N3O5. The number of nitrogens with zero attached hydrogens (tertiary/aromatic N) is 1. The predicted molar refractivity (Wildman–Crippen MR) is 130 cm³/mol. The quantitative estimate of drug-likeness (QED) is 0.339.